The highest BCUT2D eigenvalue weighted by Gasteiger charge is 2.62. The zero-order valence-corrected chi connectivity index (χ0v) is 20.1. The molecule has 3 rings (SSSR count). The van der Waals surface area contributed by atoms with Crippen LogP contribution in [0.4, 0.5) is 31.1 Å². The Kier molecular flexibility index (Phi) is 7.80. The average molecular weight is 555 g/mol. The van der Waals surface area contributed by atoms with E-state index < -0.39 is 37.0 Å². The van der Waals surface area contributed by atoms with Crippen molar-refractivity contribution in [2.24, 2.45) is 10.3 Å². The minimum absolute atomic E-state index is 0.00818. The van der Waals surface area contributed by atoms with Crippen LogP contribution < -0.4 is 10.7 Å². The summed E-state index contributed by atoms with van der Waals surface area (Å²) in [6, 6.07) is 6.96. The van der Waals surface area contributed by atoms with Crippen LogP contribution in [-0.2, 0) is 10.4 Å². The smallest absolute Gasteiger partial charge is 0.374 e. The number of carbonyl (C=O) groups excluding carboxylic acids is 1. The SMILES string of the molecule is C/C(=N/NC(=O)NCC(F)(F)F)c1ccc(C2=NOC(c3cc(Cl)cc(Cl)c3)(C(F)(F)F)C2)cc1C. The summed E-state index contributed by atoms with van der Waals surface area (Å²) < 4.78 is 79.0. The molecule has 14 heteroatoms. The Balaban J connectivity index is 1.80. The predicted molar refractivity (Wildman–Crippen MR) is 122 cm³/mol. The molecule has 1 unspecified atom stereocenters. The molecule has 0 aliphatic carbocycles. The summed E-state index contributed by atoms with van der Waals surface area (Å²) in [7, 11) is 0. The number of oxime groups is 1. The van der Waals surface area contributed by atoms with Gasteiger partial charge in [0.25, 0.3) is 5.60 Å². The summed E-state index contributed by atoms with van der Waals surface area (Å²) in [5.74, 6) is 0. The maximum atomic E-state index is 14.2. The normalized spacial score (nSPS) is 18.5. The number of nitrogens with one attached hydrogen (secondary N) is 2. The molecule has 0 aromatic heterocycles. The first-order valence-corrected chi connectivity index (χ1v) is 10.9. The first-order chi connectivity index (χ1) is 16.6. The number of alkyl halides is 6. The molecule has 0 bridgehead atoms. The fourth-order valence-corrected chi connectivity index (χ4v) is 4.04. The Morgan fingerprint density at radius 2 is 1.75 bits per heavy atom. The van der Waals surface area contributed by atoms with Crippen molar-refractivity contribution < 1.29 is 36.0 Å². The Morgan fingerprint density at radius 1 is 1.11 bits per heavy atom. The van der Waals surface area contributed by atoms with E-state index in [2.05, 4.69) is 10.3 Å². The quantitative estimate of drug-likeness (QED) is 0.252. The lowest BCUT2D eigenvalue weighted by Gasteiger charge is -2.29. The monoisotopic (exact) mass is 554 g/mol. The van der Waals surface area contributed by atoms with E-state index in [4.69, 9.17) is 28.0 Å². The molecule has 2 amide bonds. The molecule has 36 heavy (non-hydrogen) atoms. The number of rotatable bonds is 5. The van der Waals surface area contributed by atoms with Crippen LogP contribution in [0, 0.1) is 6.92 Å². The van der Waals surface area contributed by atoms with Gasteiger partial charge in [0, 0.05) is 27.6 Å². The molecule has 1 atom stereocenters. The molecule has 2 aromatic carbocycles. The summed E-state index contributed by atoms with van der Waals surface area (Å²) in [5, 5.41) is 9.08. The van der Waals surface area contributed by atoms with Crippen LogP contribution in [0.2, 0.25) is 10.0 Å². The van der Waals surface area contributed by atoms with Crippen molar-refractivity contribution in [2.75, 3.05) is 6.54 Å². The number of urea groups is 1. The van der Waals surface area contributed by atoms with Crippen molar-refractivity contribution >= 4 is 40.7 Å². The van der Waals surface area contributed by atoms with Gasteiger partial charge in [-0.25, -0.2) is 10.2 Å². The first-order valence-electron chi connectivity index (χ1n) is 10.2. The highest BCUT2D eigenvalue weighted by atomic mass is 35.5. The Hall–Kier alpha value is -2.99. The number of amides is 2. The van der Waals surface area contributed by atoms with Crippen LogP contribution in [0.5, 0.6) is 0 Å². The van der Waals surface area contributed by atoms with Crippen LogP contribution in [0.25, 0.3) is 0 Å². The number of aryl methyl sites for hydroxylation is 1. The molecule has 0 spiro atoms. The molecule has 1 aliphatic rings. The number of hydrogen-bond acceptors (Lipinski definition) is 4. The molecule has 0 saturated carbocycles. The lowest BCUT2D eigenvalue weighted by Crippen LogP contribution is -2.42. The molecule has 1 heterocycles. The second-order valence-electron chi connectivity index (χ2n) is 7.93. The number of halogens is 8. The highest BCUT2D eigenvalue weighted by molar-refractivity contribution is 6.34. The standard InChI is InChI=1S/C22H18Cl2F6N4O2/c1-11-5-13(3-4-17(11)12(2)32-33-19(35)31-10-21(25,26)27)18-9-20(36-34-18,22(28,29)30)14-6-15(23)8-16(24)7-14/h3-8H,9-10H2,1-2H3,(H2,31,33,35)/b32-12-. The second-order valence-corrected chi connectivity index (χ2v) is 8.80. The van der Waals surface area contributed by atoms with Gasteiger partial charge in [-0.2, -0.15) is 31.4 Å². The molecule has 194 valence electrons. The van der Waals surface area contributed by atoms with E-state index in [-0.39, 0.29) is 27.0 Å². The number of hydrogen-bond donors (Lipinski definition) is 2. The Bertz CT molecular complexity index is 1210. The summed E-state index contributed by atoms with van der Waals surface area (Å²) in [4.78, 5) is 16.5. The van der Waals surface area contributed by atoms with E-state index in [0.29, 0.717) is 16.7 Å². The minimum Gasteiger partial charge on any atom is -0.374 e. The fraction of sp³-hybridized carbons (Fsp3) is 0.318. The lowest BCUT2D eigenvalue weighted by atomic mass is 9.86. The number of hydrazone groups is 1. The van der Waals surface area contributed by atoms with Crippen LogP contribution in [0.1, 0.15) is 35.6 Å². The number of carbonyl (C=O) groups is 1. The van der Waals surface area contributed by atoms with Crippen LogP contribution in [0.3, 0.4) is 0 Å². The lowest BCUT2D eigenvalue weighted by molar-refractivity contribution is -0.275. The molecule has 0 radical (unpaired) electrons. The van der Waals surface area contributed by atoms with E-state index in [1.54, 1.807) is 18.3 Å². The zero-order valence-electron chi connectivity index (χ0n) is 18.6. The van der Waals surface area contributed by atoms with Crippen molar-refractivity contribution in [2.45, 2.75) is 38.2 Å². The third-order valence-electron chi connectivity index (χ3n) is 5.24. The van der Waals surface area contributed by atoms with Crippen molar-refractivity contribution in [1.82, 2.24) is 10.7 Å². The van der Waals surface area contributed by atoms with Crippen molar-refractivity contribution in [3.8, 4) is 0 Å². The van der Waals surface area contributed by atoms with Gasteiger partial charge < -0.3 is 10.2 Å². The molecular weight excluding hydrogens is 537 g/mol. The van der Waals surface area contributed by atoms with Gasteiger partial charge in [0.05, 0.1) is 11.4 Å². The fourth-order valence-electron chi connectivity index (χ4n) is 3.51. The average Bonchev–Trinajstić information content (AvgIpc) is 3.22. The van der Waals surface area contributed by atoms with E-state index >= 15 is 0 Å². The molecule has 0 fully saturated rings. The van der Waals surface area contributed by atoms with Gasteiger partial charge in [0.2, 0.25) is 0 Å². The van der Waals surface area contributed by atoms with Crippen LogP contribution in [0.15, 0.2) is 46.7 Å². The van der Waals surface area contributed by atoms with Gasteiger partial charge in [-0.3, -0.25) is 0 Å². The summed E-state index contributed by atoms with van der Waals surface area (Å²) in [5.41, 5.74) is 0.559. The maximum Gasteiger partial charge on any atom is 0.435 e. The van der Waals surface area contributed by atoms with Crippen molar-refractivity contribution in [3.63, 3.8) is 0 Å². The predicted octanol–water partition coefficient (Wildman–Crippen LogP) is 6.47. The summed E-state index contributed by atoms with van der Waals surface area (Å²) >= 11 is 11.8. The molecule has 0 saturated heterocycles. The summed E-state index contributed by atoms with van der Waals surface area (Å²) in [6.45, 7) is 1.62. The third-order valence-corrected chi connectivity index (χ3v) is 5.68. The van der Waals surface area contributed by atoms with E-state index in [1.807, 2.05) is 5.43 Å². The van der Waals surface area contributed by atoms with Gasteiger partial charge in [-0.1, -0.05) is 40.5 Å². The first kappa shape index (κ1) is 27.6. The Labute approximate surface area is 211 Å². The Morgan fingerprint density at radius 3 is 2.31 bits per heavy atom. The summed E-state index contributed by atoms with van der Waals surface area (Å²) in [6.07, 6.45) is -10.1. The highest BCUT2D eigenvalue weighted by Crippen LogP contribution is 2.49. The van der Waals surface area contributed by atoms with Crippen LogP contribution in [-0.4, -0.2) is 36.4 Å². The molecule has 1 aliphatic heterocycles. The minimum atomic E-state index is -4.84. The number of nitrogens with zero attached hydrogens (tertiary/aromatic N) is 2. The second kappa shape index (κ2) is 10.2. The topological polar surface area (TPSA) is 75.1 Å². The third kappa shape index (κ3) is 6.22. The van der Waals surface area contributed by atoms with Crippen molar-refractivity contribution in [3.05, 3.63) is 68.7 Å². The molecule has 6 nitrogen and oxygen atoms in total. The molecule has 2 N–H and O–H groups in total. The number of benzene rings is 2. The van der Waals surface area contributed by atoms with Gasteiger partial charge in [0.1, 0.15) is 6.54 Å². The maximum absolute atomic E-state index is 14.2. The van der Waals surface area contributed by atoms with Gasteiger partial charge in [-0.15, -0.1) is 0 Å². The van der Waals surface area contributed by atoms with E-state index in [9.17, 15) is 31.1 Å². The molecular formula is C22H18Cl2F6N4O2. The van der Waals surface area contributed by atoms with E-state index in [1.165, 1.54) is 25.1 Å². The van der Waals surface area contributed by atoms with E-state index in [0.717, 1.165) is 12.1 Å². The van der Waals surface area contributed by atoms with Crippen LogP contribution >= 0.6 is 23.2 Å². The van der Waals surface area contributed by atoms with Gasteiger partial charge in [-0.05, 0) is 49.2 Å². The molecule has 2 aromatic rings. The van der Waals surface area contributed by atoms with Crippen molar-refractivity contribution in [1.29, 1.82) is 0 Å². The largest absolute Gasteiger partial charge is 0.435 e. The van der Waals surface area contributed by atoms with Gasteiger partial charge >= 0.3 is 18.4 Å². The van der Waals surface area contributed by atoms with Gasteiger partial charge in [0.15, 0.2) is 0 Å². The zero-order chi connectivity index (χ0) is 26.9.